The van der Waals surface area contributed by atoms with Crippen molar-refractivity contribution in [3.8, 4) is 17.4 Å². The van der Waals surface area contributed by atoms with Gasteiger partial charge in [0.25, 0.3) is 0 Å². The summed E-state index contributed by atoms with van der Waals surface area (Å²) in [4.78, 5) is 28.1. The maximum absolute atomic E-state index is 13.0. The highest BCUT2D eigenvalue weighted by Crippen LogP contribution is 2.60. The number of aromatic nitrogens is 2. The first-order chi connectivity index (χ1) is 25.4. The van der Waals surface area contributed by atoms with E-state index in [9.17, 15) is 14.8 Å². The largest absolute Gasteiger partial charge is 0.858 e. The van der Waals surface area contributed by atoms with E-state index in [1.165, 1.54) is 10.8 Å². The van der Waals surface area contributed by atoms with Gasteiger partial charge in [-0.25, -0.2) is 9.78 Å². The van der Waals surface area contributed by atoms with Gasteiger partial charge in [-0.05, 0) is 88.8 Å². The summed E-state index contributed by atoms with van der Waals surface area (Å²) in [5.41, 5.74) is -2.07. The summed E-state index contributed by atoms with van der Waals surface area (Å²) in [5.74, 6) is 0.990. The van der Waals surface area contributed by atoms with Crippen molar-refractivity contribution in [2.45, 2.75) is 43.1 Å². The molecule has 4 aromatic carbocycles. The number of hydrogen-bond acceptors (Lipinski definition) is 10. The molecule has 0 saturated carbocycles. The summed E-state index contributed by atoms with van der Waals surface area (Å²) in [6.45, 7) is 1.50. The van der Waals surface area contributed by atoms with Gasteiger partial charge in [-0.1, -0.05) is 95.2 Å². The number of nitrogens with zero attached hydrogens (tertiary/aromatic N) is 2. The molecule has 0 aliphatic carbocycles. The van der Waals surface area contributed by atoms with Crippen LogP contribution in [0.3, 0.4) is 0 Å². The molecule has 278 valence electrons. The minimum absolute atomic E-state index is 0.0715. The molecule has 5 aromatic rings. The zero-order valence-electron chi connectivity index (χ0n) is 28.9. The number of rotatable bonds is 14. The lowest BCUT2D eigenvalue weighted by Gasteiger charge is -2.37. The third-order valence-corrected chi connectivity index (χ3v) is 13.6. The Labute approximate surface area is 326 Å². The van der Waals surface area contributed by atoms with E-state index < -0.39 is 41.3 Å². The van der Waals surface area contributed by atoms with Crippen molar-refractivity contribution in [2.24, 2.45) is 0 Å². The standard InChI is InChI=1S/C38H37Cl2N2O8PS2/c1-24-21-42(37(44)41-36(24)43)35-20-33(50-51(45,52)53-23-25-9-14-29(39)19-32(25)40)34(49-35)22-48-38(26-7-5-4-6-8-26,27-10-15-30(46-2)16-11-27)28-12-17-31(47-3)18-13-28/h4-19,21,33-35H,20,22-23H2,1-3H3,(H,45,52)(H,41,43,44)/p-1/t33-,34+,35+,51?/m0/s1. The van der Waals surface area contributed by atoms with Crippen LogP contribution in [0.5, 0.6) is 17.4 Å². The van der Waals surface area contributed by atoms with Crippen molar-refractivity contribution in [1.82, 2.24) is 9.55 Å². The van der Waals surface area contributed by atoms with Crippen LogP contribution in [0.2, 0.25) is 10.0 Å². The predicted octanol–water partition coefficient (Wildman–Crippen LogP) is 7.78. The second-order valence-electron chi connectivity index (χ2n) is 12.2. The number of halogens is 2. The fourth-order valence-electron chi connectivity index (χ4n) is 6.16. The maximum atomic E-state index is 13.0. The van der Waals surface area contributed by atoms with Crippen LogP contribution in [0.1, 0.15) is 40.5 Å². The predicted molar refractivity (Wildman–Crippen MR) is 209 cm³/mol. The molecule has 1 saturated heterocycles. The molecule has 1 N–H and O–H groups in total. The molecule has 10 nitrogen and oxygen atoms in total. The highest BCUT2D eigenvalue weighted by molar-refractivity contribution is 8.67. The molecule has 0 spiro atoms. The lowest BCUT2D eigenvalue weighted by Crippen LogP contribution is -2.38. The summed E-state index contributed by atoms with van der Waals surface area (Å²) < 4.78 is 32.1. The van der Waals surface area contributed by atoms with Crippen LogP contribution in [0.4, 0.5) is 0 Å². The highest BCUT2D eigenvalue weighted by atomic mass is 35.5. The SMILES string of the molecule is COc1ccc(C(OC[C@H]2O[C@@H](n3cc(C)c([O-])nc3=O)C[C@@H]2OP(O)(=S)SCc2ccc(Cl)cc2Cl)(c2ccccc2)c2ccc(OC)cc2)cc1. The van der Waals surface area contributed by atoms with Crippen LogP contribution in [0.15, 0.2) is 108 Å². The molecule has 1 aliphatic heterocycles. The van der Waals surface area contributed by atoms with Gasteiger partial charge in [0.1, 0.15) is 29.4 Å². The zero-order valence-corrected chi connectivity index (χ0v) is 32.9. The second kappa shape index (κ2) is 16.9. The lowest BCUT2D eigenvalue weighted by molar-refractivity contribution is -0.276. The van der Waals surface area contributed by atoms with E-state index in [1.807, 2.05) is 78.9 Å². The van der Waals surface area contributed by atoms with E-state index in [1.54, 1.807) is 39.3 Å². The van der Waals surface area contributed by atoms with Crippen LogP contribution in [-0.2, 0) is 37.2 Å². The first-order valence-electron chi connectivity index (χ1n) is 16.4. The van der Waals surface area contributed by atoms with Gasteiger partial charge in [-0.3, -0.25) is 4.57 Å². The van der Waals surface area contributed by atoms with Gasteiger partial charge in [0, 0.05) is 28.4 Å². The fourth-order valence-corrected chi connectivity index (χ4v) is 10.1. The van der Waals surface area contributed by atoms with Crippen molar-refractivity contribution in [3.05, 3.63) is 152 Å². The van der Waals surface area contributed by atoms with Gasteiger partial charge >= 0.3 is 5.69 Å². The molecular formula is C38H36Cl2N2O8PS2-. The average Bonchev–Trinajstić information content (AvgIpc) is 3.55. The van der Waals surface area contributed by atoms with Gasteiger partial charge in [-0.15, -0.1) is 0 Å². The molecule has 6 rings (SSSR count). The summed E-state index contributed by atoms with van der Waals surface area (Å²) in [6.07, 6.45) is -1.04. The summed E-state index contributed by atoms with van der Waals surface area (Å²) in [5, 5.41) is 13.1. The average molecular weight is 815 g/mol. The third kappa shape index (κ3) is 8.94. The minimum Gasteiger partial charge on any atom is -0.858 e. The van der Waals surface area contributed by atoms with E-state index in [-0.39, 0.29) is 24.3 Å². The smallest absolute Gasteiger partial charge is 0.349 e. The second-order valence-corrected chi connectivity index (χ2v) is 19.2. The fraction of sp³-hybridized carbons (Fsp3) is 0.263. The molecule has 4 atom stereocenters. The Morgan fingerprint density at radius 3 is 2.17 bits per heavy atom. The third-order valence-electron chi connectivity index (χ3n) is 8.88. The molecule has 0 radical (unpaired) electrons. The van der Waals surface area contributed by atoms with Crippen LogP contribution in [0, 0.1) is 6.92 Å². The first-order valence-corrected chi connectivity index (χ1v) is 21.4. The Hall–Kier alpha value is -3.42. The Kier molecular flexibility index (Phi) is 12.6. The molecule has 2 heterocycles. The summed E-state index contributed by atoms with van der Waals surface area (Å²) in [6, 6.07) is 30.0. The normalized spacial score (nSPS) is 18.4. The van der Waals surface area contributed by atoms with Crippen molar-refractivity contribution >= 4 is 52.1 Å². The molecule has 1 fully saturated rings. The van der Waals surface area contributed by atoms with Gasteiger partial charge in [0.15, 0.2) is 0 Å². The van der Waals surface area contributed by atoms with Gasteiger partial charge in [0.05, 0.1) is 26.9 Å². The molecule has 1 aromatic heterocycles. The van der Waals surface area contributed by atoms with E-state index in [0.717, 1.165) is 33.6 Å². The van der Waals surface area contributed by atoms with E-state index >= 15 is 0 Å². The summed E-state index contributed by atoms with van der Waals surface area (Å²) in [7, 11) is 3.21. The molecule has 15 heteroatoms. The summed E-state index contributed by atoms with van der Waals surface area (Å²) >= 11 is 19.2. The zero-order chi connectivity index (χ0) is 37.8. The maximum Gasteiger partial charge on any atom is 0.349 e. The van der Waals surface area contributed by atoms with Crippen molar-refractivity contribution in [3.63, 3.8) is 0 Å². The Morgan fingerprint density at radius 2 is 1.58 bits per heavy atom. The topological polar surface area (TPSA) is 124 Å². The van der Waals surface area contributed by atoms with Crippen LogP contribution < -0.4 is 20.3 Å². The highest BCUT2D eigenvalue weighted by Gasteiger charge is 2.44. The van der Waals surface area contributed by atoms with Crippen LogP contribution in [0.25, 0.3) is 0 Å². The number of ether oxygens (including phenoxy) is 4. The van der Waals surface area contributed by atoms with E-state index in [2.05, 4.69) is 4.98 Å². The number of aryl methyl sites for hydroxylation is 1. The molecular weight excluding hydrogens is 778 g/mol. The minimum atomic E-state index is -3.54. The van der Waals surface area contributed by atoms with Crippen LogP contribution >= 0.6 is 40.3 Å². The van der Waals surface area contributed by atoms with Crippen molar-refractivity contribution in [1.29, 1.82) is 0 Å². The molecule has 53 heavy (non-hydrogen) atoms. The van der Waals surface area contributed by atoms with Gasteiger partial charge < -0.3 is 33.5 Å². The Balaban J connectivity index is 1.38. The monoisotopic (exact) mass is 813 g/mol. The van der Waals surface area contributed by atoms with E-state index in [0.29, 0.717) is 21.5 Å². The number of benzene rings is 4. The Bertz CT molecular complexity index is 2090. The van der Waals surface area contributed by atoms with Gasteiger partial charge in [0.2, 0.25) is 5.69 Å². The molecule has 1 aliphatic rings. The quantitative estimate of drug-likeness (QED) is 0.0874. The lowest BCUT2D eigenvalue weighted by atomic mass is 9.80. The van der Waals surface area contributed by atoms with Crippen molar-refractivity contribution < 1.29 is 33.5 Å². The molecule has 1 unspecified atom stereocenters. The number of methoxy groups -OCH3 is 2. The van der Waals surface area contributed by atoms with Crippen molar-refractivity contribution in [2.75, 3.05) is 20.8 Å². The first kappa shape index (κ1) is 39.3. The number of hydrogen-bond donors (Lipinski definition) is 1. The molecule has 0 bridgehead atoms. The molecule has 0 amide bonds. The van der Waals surface area contributed by atoms with Gasteiger partial charge in [-0.2, -0.15) is 0 Å². The van der Waals surface area contributed by atoms with Crippen LogP contribution in [-0.4, -0.2) is 47.5 Å². The van der Waals surface area contributed by atoms with E-state index in [4.69, 9.17) is 58.5 Å². The Morgan fingerprint density at radius 1 is 0.981 bits per heavy atom.